The minimum atomic E-state index is -0.127. The van der Waals surface area contributed by atoms with Crippen molar-refractivity contribution in [2.24, 2.45) is 0 Å². The molecule has 0 aromatic heterocycles. The molecule has 4 nitrogen and oxygen atoms in total. The van der Waals surface area contributed by atoms with Crippen LogP contribution in [0.5, 0.6) is 0 Å². The molecule has 60 heavy (non-hydrogen) atoms. The third-order valence-corrected chi connectivity index (χ3v) is 11.1. The molecule has 0 atom stereocenters. The van der Waals surface area contributed by atoms with Crippen LogP contribution in [0.3, 0.4) is 0 Å². The molecule has 4 heteroatoms. The van der Waals surface area contributed by atoms with Crippen LogP contribution in [-0.4, -0.2) is 11.6 Å². The van der Waals surface area contributed by atoms with Crippen molar-refractivity contribution in [3.05, 3.63) is 214 Å². The molecule has 0 fully saturated rings. The van der Waals surface area contributed by atoms with Gasteiger partial charge in [0, 0.05) is 45.0 Å². The summed E-state index contributed by atoms with van der Waals surface area (Å²) in [6, 6.07) is 57.3. The fourth-order valence-corrected chi connectivity index (χ4v) is 8.06. The summed E-state index contributed by atoms with van der Waals surface area (Å²) in [5.74, 6) is -0.255. The Labute approximate surface area is 357 Å². The van der Waals surface area contributed by atoms with Gasteiger partial charge in [0.2, 0.25) is 0 Å². The largest absolute Gasteiger partial charge is 0.310 e. The van der Waals surface area contributed by atoms with Crippen LogP contribution in [0.4, 0.5) is 34.1 Å². The normalized spacial score (nSPS) is 11.0. The highest BCUT2D eigenvalue weighted by atomic mass is 16.1. The van der Waals surface area contributed by atoms with Crippen molar-refractivity contribution in [2.75, 3.05) is 9.80 Å². The highest BCUT2D eigenvalue weighted by Crippen LogP contribution is 2.45. The van der Waals surface area contributed by atoms with Gasteiger partial charge in [-0.2, -0.15) is 0 Å². The number of benzene rings is 7. The van der Waals surface area contributed by atoms with E-state index in [-0.39, 0.29) is 11.6 Å². The van der Waals surface area contributed by atoms with E-state index in [1.54, 1.807) is 0 Å². The van der Waals surface area contributed by atoms with Gasteiger partial charge in [-0.15, -0.1) is 0 Å². The highest BCUT2D eigenvalue weighted by molar-refractivity contribution is 6.19. The lowest BCUT2D eigenvalue weighted by molar-refractivity contribution is 0.102. The quantitative estimate of drug-likeness (QED) is 0.0812. The molecule has 0 bridgehead atoms. The number of hydrogen-bond donors (Lipinski definition) is 0. The fraction of sp³-hybridized carbons (Fsp3) is 0.214. The summed E-state index contributed by atoms with van der Waals surface area (Å²) in [4.78, 5) is 34.7. The van der Waals surface area contributed by atoms with Gasteiger partial charge in [0.15, 0.2) is 11.6 Å². The molecule has 0 N–H and O–H groups in total. The van der Waals surface area contributed by atoms with E-state index in [1.165, 1.54) is 22.3 Å². The van der Waals surface area contributed by atoms with E-state index < -0.39 is 0 Å². The topological polar surface area (TPSA) is 40.6 Å². The molecule has 7 aromatic rings. The van der Waals surface area contributed by atoms with Crippen molar-refractivity contribution >= 4 is 45.7 Å². The van der Waals surface area contributed by atoms with Crippen molar-refractivity contribution in [2.45, 2.75) is 79.1 Å². The number of carbonyl (C=O) groups is 2. The Kier molecular flexibility index (Phi) is 13.8. The van der Waals surface area contributed by atoms with Crippen LogP contribution in [0.15, 0.2) is 170 Å². The summed E-state index contributed by atoms with van der Waals surface area (Å²) in [5.41, 5.74) is 12.0. The Morgan fingerprint density at radius 2 is 0.600 bits per heavy atom. The zero-order valence-electron chi connectivity index (χ0n) is 35.5. The smallest absolute Gasteiger partial charge is 0.195 e. The number of carbonyl (C=O) groups excluding carboxylic acids is 2. The Morgan fingerprint density at radius 1 is 0.350 bits per heavy atom. The monoisotopic (exact) mass is 788 g/mol. The number of hydrogen-bond acceptors (Lipinski definition) is 4. The summed E-state index contributed by atoms with van der Waals surface area (Å²) in [6.45, 7) is 8.76. The summed E-state index contributed by atoms with van der Waals surface area (Å²) in [5, 5.41) is 0. The second-order valence-electron chi connectivity index (χ2n) is 15.6. The first-order valence-corrected chi connectivity index (χ1v) is 21.8. The number of anilines is 6. The molecule has 0 saturated carbocycles. The van der Waals surface area contributed by atoms with Gasteiger partial charge in [-0.25, -0.2) is 0 Å². The number of aryl methyl sites for hydroxylation is 4. The van der Waals surface area contributed by atoms with E-state index in [1.807, 2.05) is 72.8 Å². The third-order valence-electron chi connectivity index (χ3n) is 11.1. The van der Waals surface area contributed by atoms with Crippen LogP contribution in [0.2, 0.25) is 0 Å². The third kappa shape index (κ3) is 9.50. The summed E-state index contributed by atoms with van der Waals surface area (Å²) >= 11 is 0. The zero-order valence-corrected chi connectivity index (χ0v) is 35.5. The Morgan fingerprint density at radius 3 is 0.833 bits per heavy atom. The maximum Gasteiger partial charge on any atom is 0.195 e. The predicted molar refractivity (Wildman–Crippen MR) is 252 cm³/mol. The van der Waals surface area contributed by atoms with Crippen molar-refractivity contribution in [1.29, 1.82) is 0 Å². The molecule has 0 unspecified atom stereocenters. The van der Waals surface area contributed by atoms with Crippen molar-refractivity contribution in [3.63, 3.8) is 0 Å². The summed E-state index contributed by atoms with van der Waals surface area (Å²) < 4.78 is 0. The molecule has 0 radical (unpaired) electrons. The molecule has 0 heterocycles. The van der Waals surface area contributed by atoms with Crippen LogP contribution in [0, 0.1) is 0 Å². The summed E-state index contributed by atoms with van der Waals surface area (Å²) in [7, 11) is 0. The first-order chi connectivity index (χ1) is 29.4. The number of ketones is 2. The van der Waals surface area contributed by atoms with Gasteiger partial charge in [-0.3, -0.25) is 9.59 Å². The Balaban J connectivity index is 1.56. The average molecular weight is 789 g/mol. The molecule has 0 aliphatic carbocycles. The second kappa shape index (κ2) is 20.0. The molecule has 0 saturated heterocycles. The minimum absolute atomic E-state index is 0.127. The van der Waals surface area contributed by atoms with Gasteiger partial charge in [0.1, 0.15) is 0 Å². The molecule has 0 spiro atoms. The van der Waals surface area contributed by atoms with E-state index in [4.69, 9.17) is 0 Å². The van der Waals surface area contributed by atoms with Crippen molar-refractivity contribution in [3.8, 4) is 0 Å². The molecule has 0 aliphatic rings. The lowest BCUT2D eigenvalue weighted by Crippen LogP contribution is -2.20. The second-order valence-corrected chi connectivity index (χ2v) is 15.6. The summed E-state index contributed by atoms with van der Waals surface area (Å²) in [6.07, 6.45) is 8.08. The minimum Gasteiger partial charge on any atom is -0.310 e. The maximum atomic E-state index is 15.2. The van der Waals surface area contributed by atoms with E-state index in [0.717, 1.165) is 74.1 Å². The molecule has 302 valence electrons. The van der Waals surface area contributed by atoms with Crippen molar-refractivity contribution < 1.29 is 9.59 Å². The molecule has 0 aliphatic heterocycles. The van der Waals surface area contributed by atoms with E-state index >= 15 is 9.59 Å². The number of nitrogens with zero attached hydrogens (tertiary/aromatic N) is 2. The molecule has 7 rings (SSSR count). The Hall–Kier alpha value is -6.52. The zero-order chi connectivity index (χ0) is 41.8. The molecular formula is C56H56N2O2. The van der Waals surface area contributed by atoms with Crippen LogP contribution in [0.25, 0.3) is 0 Å². The van der Waals surface area contributed by atoms with E-state index in [9.17, 15) is 0 Å². The van der Waals surface area contributed by atoms with E-state index in [0.29, 0.717) is 33.6 Å². The lowest BCUT2D eigenvalue weighted by Gasteiger charge is -2.32. The average Bonchev–Trinajstić information content (AvgIpc) is 3.29. The van der Waals surface area contributed by atoms with Gasteiger partial charge < -0.3 is 9.80 Å². The maximum absolute atomic E-state index is 15.2. The first kappa shape index (κ1) is 41.6. The molecular weight excluding hydrogens is 733 g/mol. The fourth-order valence-electron chi connectivity index (χ4n) is 8.06. The Bertz CT molecular complexity index is 2200. The van der Waals surface area contributed by atoms with Crippen LogP contribution in [0.1, 0.15) is 107 Å². The van der Waals surface area contributed by atoms with E-state index in [2.05, 4.69) is 135 Å². The highest BCUT2D eigenvalue weighted by Gasteiger charge is 2.29. The SMILES string of the molecule is CCCc1ccc(N(c2ccc(CCC)cc2)c2cc(C(=O)c3ccccc3)c(N(c3ccc(CCC)cc3)c3ccc(CCC)cc3)cc2C(=O)c2ccccc2)cc1. The van der Waals surface area contributed by atoms with Crippen LogP contribution in [-0.2, 0) is 25.7 Å². The van der Waals surface area contributed by atoms with Crippen molar-refractivity contribution in [1.82, 2.24) is 0 Å². The first-order valence-electron chi connectivity index (χ1n) is 21.8. The lowest BCUT2D eigenvalue weighted by atomic mass is 9.92. The predicted octanol–water partition coefficient (Wildman–Crippen LogP) is 14.9. The number of rotatable bonds is 18. The standard InChI is InChI=1S/C56H56N2O2/c1-5-15-41-23-31-47(32-24-41)57(48-33-25-42(16-6-2)26-34-48)53-39-52(56(60)46-21-13-10-14-22-46)54(40-51(53)55(59)45-19-11-9-12-20-45)58(49-35-27-43(17-7-3)28-36-49)50-37-29-44(18-8-4)30-38-50/h9-14,19-40H,5-8,15-18H2,1-4H3. The van der Waals surface area contributed by atoms with Gasteiger partial charge in [-0.05, 0) is 109 Å². The van der Waals surface area contributed by atoms with Gasteiger partial charge in [0.25, 0.3) is 0 Å². The van der Waals surface area contributed by atoms with Crippen LogP contribution >= 0.6 is 0 Å². The van der Waals surface area contributed by atoms with Crippen LogP contribution < -0.4 is 9.80 Å². The van der Waals surface area contributed by atoms with Gasteiger partial charge >= 0.3 is 0 Å². The molecule has 7 aromatic carbocycles. The molecule has 0 amide bonds. The van der Waals surface area contributed by atoms with Gasteiger partial charge in [-0.1, -0.05) is 163 Å². The van der Waals surface area contributed by atoms with Gasteiger partial charge in [0.05, 0.1) is 11.4 Å².